The van der Waals surface area contributed by atoms with E-state index in [1.165, 1.54) is 0 Å². The van der Waals surface area contributed by atoms with Gasteiger partial charge in [-0.25, -0.2) is 0 Å². The lowest BCUT2D eigenvalue weighted by Gasteiger charge is -2.13. The molecule has 0 spiro atoms. The van der Waals surface area contributed by atoms with Crippen LogP contribution in [0.25, 0.3) is 0 Å². The zero-order chi connectivity index (χ0) is 15.4. The van der Waals surface area contributed by atoms with Crippen molar-refractivity contribution in [1.29, 1.82) is 0 Å². The van der Waals surface area contributed by atoms with Crippen molar-refractivity contribution < 1.29 is 4.74 Å². The van der Waals surface area contributed by atoms with Crippen molar-refractivity contribution in [3.8, 4) is 5.75 Å². The van der Waals surface area contributed by atoms with Crippen LogP contribution in [-0.2, 0) is 0 Å². The Morgan fingerprint density at radius 1 is 1.10 bits per heavy atom. The van der Waals surface area contributed by atoms with Gasteiger partial charge in [-0.05, 0) is 55.0 Å². The topological polar surface area (TPSA) is 33.3 Å². The standard InChI is InChI=1S/C15H14Cl2N2OS/c1-9-3-4-10(16)7-13(9)19-15(21)18-11-5-6-14(20-2)12(17)8-11/h3-8H,1-2H3,(H2,18,19,21). The molecule has 2 aromatic rings. The molecule has 110 valence electrons. The van der Waals surface area contributed by atoms with E-state index in [1.807, 2.05) is 31.2 Å². The van der Waals surface area contributed by atoms with Gasteiger partial charge >= 0.3 is 0 Å². The first-order valence-electron chi connectivity index (χ1n) is 6.17. The maximum absolute atomic E-state index is 6.07. The monoisotopic (exact) mass is 340 g/mol. The van der Waals surface area contributed by atoms with Crippen molar-refractivity contribution in [2.75, 3.05) is 17.7 Å². The third-order valence-electron chi connectivity index (χ3n) is 2.86. The van der Waals surface area contributed by atoms with Crippen LogP contribution in [0.15, 0.2) is 36.4 Å². The molecule has 0 radical (unpaired) electrons. The Hall–Kier alpha value is -1.49. The molecule has 6 heteroatoms. The molecule has 2 aromatic carbocycles. The van der Waals surface area contributed by atoms with E-state index >= 15 is 0 Å². The van der Waals surface area contributed by atoms with E-state index in [1.54, 1.807) is 19.2 Å². The lowest BCUT2D eigenvalue weighted by molar-refractivity contribution is 0.415. The van der Waals surface area contributed by atoms with E-state index in [4.69, 9.17) is 40.2 Å². The molecule has 3 nitrogen and oxygen atoms in total. The molecule has 0 heterocycles. The van der Waals surface area contributed by atoms with Crippen LogP contribution in [-0.4, -0.2) is 12.2 Å². The summed E-state index contributed by atoms with van der Waals surface area (Å²) in [5.74, 6) is 0.617. The number of halogens is 2. The van der Waals surface area contributed by atoms with Crippen LogP contribution in [0, 0.1) is 6.92 Å². The molecule has 0 unspecified atom stereocenters. The van der Waals surface area contributed by atoms with E-state index in [0.29, 0.717) is 20.9 Å². The number of ether oxygens (including phenoxy) is 1. The van der Waals surface area contributed by atoms with Crippen LogP contribution in [0.5, 0.6) is 5.75 Å². The van der Waals surface area contributed by atoms with Crippen LogP contribution in [0.2, 0.25) is 10.0 Å². The highest BCUT2D eigenvalue weighted by molar-refractivity contribution is 7.80. The molecule has 0 bridgehead atoms. The second kappa shape index (κ2) is 6.98. The second-order valence-corrected chi connectivity index (χ2v) is 5.64. The Kier molecular flexibility index (Phi) is 5.28. The Labute approximate surface area is 139 Å². The van der Waals surface area contributed by atoms with Gasteiger partial charge in [0.15, 0.2) is 5.11 Å². The number of rotatable bonds is 3. The molecule has 0 aromatic heterocycles. The van der Waals surface area contributed by atoms with E-state index in [2.05, 4.69) is 10.6 Å². The summed E-state index contributed by atoms with van der Waals surface area (Å²) in [5.41, 5.74) is 2.69. The highest BCUT2D eigenvalue weighted by atomic mass is 35.5. The zero-order valence-corrected chi connectivity index (χ0v) is 13.9. The highest BCUT2D eigenvalue weighted by Crippen LogP contribution is 2.27. The Bertz CT molecular complexity index is 677. The lowest BCUT2D eigenvalue weighted by atomic mass is 10.2. The SMILES string of the molecule is COc1ccc(NC(=S)Nc2cc(Cl)ccc2C)cc1Cl. The van der Waals surface area contributed by atoms with Gasteiger partial charge in [0.25, 0.3) is 0 Å². The number of anilines is 2. The molecule has 0 saturated carbocycles. The average Bonchev–Trinajstić information content (AvgIpc) is 2.43. The van der Waals surface area contributed by atoms with Crippen LogP contribution in [0.4, 0.5) is 11.4 Å². The van der Waals surface area contributed by atoms with Gasteiger partial charge in [-0.15, -0.1) is 0 Å². The summed E-state index contributed by atoms with van der Waals surface area (Å²) in [4.78, 5) is 0. The van der Waals surface area contributed by atoms with E-state index < -0.39 is 0 Å². The minimum atomic E-state index is 0.460. The predicted octanol–water partition coefficient (Wildman–Crippen LogP) is 5.12. The molecule has 0 aliphatic heterocycles. The summed E-state index contributed by atoms with van der Waals surface area (Å²) >= 11 is 17.3. The molecule has 0 saturated heterocycles. The number of aryl methyl sites for hydroxylation is 1. The summed E-state index contributed by atoms with van der Waals surface area (Å²) in [7, 11) is 1.57. The van der Waals surface area contributed by atoms with Crippen LogP contribution >= 0.6 is 35.4 Å². The van der Waals surface area contributed by atoms with Gasteiger partial charge in [-0.1, -0.05) is 29.3 Å². The lowest BCUT2D eigenvalue weighted by Crippen LogP contribution is -2.19. The quantitative estimate of drug-likeness (QED) is 0.759. The van der Waals surface area contributed by atoms with Crippen molar-refractivity contribution in [3.05, 3.63) is 52.0 Å². The van der Waals surface area contributed by atoms with Crippen molar-refractivity contribution >= 4 is 51.9 Å². The number of thiocarbonyl (C=S) groups is 1. The first-order valence-corrected chi connectivity index (χ1v) is 7.33. The summed E-state index contributed by atoms with van der Waals surface area (Å²) in [5, 5.41) is 7.80. The Balaban J connectivity index is 2.08. The third kappa shape index (κ3) is 4.24. The number of nitrogens with one attached hydrogen (secondary N) is 2. The first kappa shape index (κ1) is 15.9. The van der Waals surface area contributed by atoms with Crippen LogP contribution in [0.3, 0.4) is 0 Å². The molecular formula is C15H14Cl2N2OS. The third-order valence-corrected chi connectivity index (χ3v) is 3.59. The molecular weight excluding hydrogens is 327 g/mol. The Morgan fingerprint density at radius 3 is 2.52 bits per heavy atom. The molecule has 0 aliphatic carbocycles. The van der Waals surface area contributed by atoms with E-state index in [9.17, 15) is 0 Å². The van der Waals surface area contributed by atoms with Gasteiger partial charge in [0.2, 0.25) is 0 Å². The molecule has 21 heavy (non-hydrogen) atoms. The molecule has 0 fully saturated rings. The van der Waals surface area contributed by atoms with Gasteiger partial charge in [0.05, 0.1) is 12.1 Å². The van der Waals surface area contributed by atoms with Gasteiger partial charge in [0.1, 0.15) is 5.75 Å². The molecule has 0 amide bonds. The fourth-order valence-corrected chi connectivity index (χ4v) is 2.42. The maximum atomic E-state index is 6.07. The van der Waals surface area contributed by atoms with Crippen molar-refractivity contribution in [3.63, 3.8) is 0 Å². The van der Waals surface area contributed by atoms with E-state index in [0.717, 1.165) is 16.9 Å². The molecule has 0 atom stereocenters. The minimum absolute atomic E-state index is 0.460. The average molecular weight is 341 g/mol. The van der Waals surface area contributed by atoms with Crippen LogP contribution in [0.1, 0.15) is 5.56 Å². The smallest absolute Gasteiger partial charge is 0.175 e. The highest BCUT2D eigenvalue weighted by Gasteiger charge is 2.05. The van der Waals surface area contributed by atoms with Gasteiger partial charge in [0, 0.05) is 16.4 Å². The van der Waals surface area contributed by atoms with Gasteiger partial charge in [-0.2, -0.15) is 0 Å². The second-order valence-electron chi connectivity index (χ2n) is 4.39. The number of benzene rings is 2. The summed E-state index contributed by atoms with van der Waals surface area (Å²) in [6, 6.07) is 11.0. The van der Waals surface area contributed by atoms with Gasteiger partial charge in [-0.3, -0.25) is 0 Å². The minimum Gasteiger partial charge on any atom is -0.495 e. The number of methoxy groups -OCH3 is 1. The van der Waals surface area contributed by atoms with Crippen molar-refractivity contribution in [1.82, 2.24) is 0 Å². The number of hydrogen-bond donors (Lipinski definition) is 2. The van der Waals surface area contributed by atoms with Crippen molar-refractivity contribution in [2.45, 2.75) is 6.92 Å². The van der Waals surface area contributed by atoms with E-state index in [-0.39, 0.29) is 0 Å². The number of hydrogen-bond acceptors (Lipinski definition) is 2. The largest absolute Gasteiger partial charge is 0.495 e. The summed E-state index contributed by atoms with van der Waals surface area (Å²) in [6.07, 6.45) is 0. The zero-order valence-electron chi connectivity index (χ0n) is 11.5. The fraction of sp³-hybridized carbons (Fsp3) is 0.133. The fourth-order valence-electron chi connectivity index (χ4n) is 1.76. The van der Waals surface area contributed by atoms with Crippen LogP contribution < -0.4 is 15.4 Å². The Morgan fingerprint density at radius 2 is 1.86 bits per heavy atom. The summed E-state index contributed by atoms with van der Waals surface area (Å²) < 4.78 is 5.11. The van der Waals surface area contributed by atoms with Crippen molar-refractivity contribution in [2.24, 2.45) is 0 Å². The molecule has 2 N–H and O–H groups in total. The van der Waals surface area contributed by atoms with Gasteiger partial charge < -0.3 is 15.4 Å². The first-order chi connectivity index (χ1) is 9.99. The predicted molar refractivity (Wildman–Crippen MR) is 94.0 cm³/mol. The normalized spacial score (nSPS) is 10.1. The molecule has 0 aliphatic rings. The molecule has 2 rings (SSSR count). The maximum Gasteiger partial charge on any atom is 0.175 e. The summed E-state index contributed by atoms with van der Waals surface area (Å²) in [6.45, 7) is 1.98.